The van der Waals surface area contributed by atoms with Gasteiger partial charge in [-0.2, -0.15) is 0 Å². The first-order valence-corrected chi connectivity index (χ1v) is 8.69. The molecule has 0 radical (unpaired) electrons. The van der Waals surface area contributed by atoms with Crippen molar-refractivity contribution in [3.8, 4) is 16.2 Å². The molecule has 2 aromatic carbocycles. The van der Waals surface area contributed by atoms with Crippen LogP contribution in [-0.2, 0) is 0 Å². The number of rotatable bonds is 4. The minimum atomic E-state index is -1.98. The van der Waals surface area contributed by atoms with Crippen LogP contribution < -0.4 is 5.32 Å². The first-order chi connectivity index (χ1) is 12.8. The highest BCUT2D eigenvalue weighted by atomic mass is 32.1. The summed E-state index contributed by atoms with van der Waals surface area (Å²) in [4.78, 5) is 12.6. The zero-order valence-corrected chi connectivity index (χ0v) is 14.8. The van der Waals surface area contributed by atoms with Crippen LogP contribution in [0.2, 0.25) is 0 Å². The van der Waals surface area contributed by atoms with Crippen LogP contribution in [0.4, 0.5) is 14.5 Å². The summed E-state index contributed by atoms with van der Waals surface area (Å²) in [6.45, 7) is 1.72. The molecule has 5 nitrogen and oxygen atoms in total. The number of aliphatic hydroxyl groups excluding tert-OH is 1. The molecule has 3 aromatic rings. The summed E-state index contributed by atoms with van der Waals surface area (Å²) in [6.07, 6.45) is -1.98. The lowest BCUT2D eigenvalue weighted by molar-refractivity contribution is -0.0411. The fraction of sp³-hybridized carbons (Fsp3) is 0.105. The van der Waals surface area contributed by atoms with Gasteiger partial charge in [-0.3, -0.25) is 4.79 Å². The van der Waals surface area contributed by atoms with E-state index in [0.29, 0.717) is 5.56 Å². The molecular formula is C19H15F2NO4S. The van der Waals surface area contributed by atoms with E-state index in [4.69, 9.17) is 0 Å². The molecule has 0 fully saturated rings. The van der Waals surface area contributed by atoms with Gasteiger partial charge >= 0.3 is 0 Å². The number of aromatic hydroxyl groups is 1. The second-order valence-electron chi connectivity index (χ2n) is 5.86. The summed E-state index contributed by atoms with van der Waals surface area (Å²) in [6, 6.07) is 7.38. The first kappa shape index (κ1) is 19.0. The molecule has 0 unspecified atom stereocenters. The Labute approximate surface area is 157 Å². The molecule has 1 heterocycles. The number of halogens is 2. The van der Waals surface area contributed by atoms with Crippen LogP contribution in [0.15, 0.2) is 41.8 Å². The monoisotopic (exact) mass is 391 g/mol. The van der Waals surface area contributed by atoms with E-state index in [0.717, 1.165) is 29.5 Å². The number of nitrogens with one attached hydrogen (secondary N) is 1. The Morgan fingerprint density at radius 2 is 1.89 bits per heavy atom. The van der Waals surface area contributed by atoms with Gasteiger partial charge in [0.05, 0.1) is 11.3 Å². The molecule has 0 bridgehead atoms. The van der Waals surface area contributed by atoms with Crippen molar-refractivity contribution in [3.05, 3.63) is 70.1 Å². The van der Waals surface area contributed by atoms with E-state index in [1.165, 1.54) is 17.5 Å². The van der Waals surface area contributed by atoms with Crippen LogP contribution in [-0.4, -0.2) is 21.2 Å². The zero-order valence-electron chi connectivity index (χ0n) is 14.0. The molecule has 0 saturated carbocycles. The average Bonchev–Trinajstić information content (AvgIpc) is 3.00. The topological polar surface area (TPSA) is 89.8 Å². The Bertz CT molecular complexity index is 1020. The highest BCUT2D eigenvalue weighted by molar-refractivity contribution is 7.14. The number of aryl methyl sites for hydroxylation is 1. The molecule has 1 amide bonds. The normalized spacial score (nSPS) is 11.0. The van der Waals surface area contributed by atoms with Gasteiger partial charge in [-0.25, -0.2) is 8.78 Å². The van der Waals surface area contributed by atoms with Crippen molar-refractivity contribution in [1.29, 1.82) is 0 Å². The molecule has 0 atom stereocenters. The summed E-state index contributed by atoms with van der Waals surface area (Å²) in [5, 5.41) is 33.0. The van der Waals surface area contributed by atoms with E-state index in [-0.39, 0.29) is 27.3 Å². The second kappa shape index (κ2) is 7.43. The van der Waals surface area contributed by atoms with Gasteiger partial charge in [0.2, 0.25) is 0 Å². The summed E-state index contributed by atoms with van der Waals surface area (Å²) >= 11 is 1.01. The lowest BCUT2D eigenvalue weighted by Crippen LogP contribution is -2.14. The van der Waals surface area contributed by atoms with Gasteiger partial charge in [0.1, 0.15) is 17.4 Å². The Morgan fingerprint density at radius 1 is 1.15 bits per heavy atom. The van der Waals surface area contributed by atoms with Gasteiger partial charge in [-0.15, -0.1) is 11.3 Å². The molecule has 0 aliphatic rings. The van der Waals surface area contributed by atoms with Crippen molar-refractivity contribution in [1.82, 2.24) is 0 Å². The van der Waals surface area contributed by atoms with E-state index in [2.05, 4.69) is 5.32 Å². The molecule has 4 N–H and O–H groups in total. The number of hydrogen-bond acceptors (Lipinski definition) is 5. The molecule has 0 aliphatic carbocycles. The molecule has 0 aliphatic heterocycles. The number of aliphatic hydroxyl groups is 2. The van der Waals surface area contributed by atoms with Crippen molar-refractivity contribution in [2.75, 3.05) is 5.32 Å². The van der Waals surface area contributed by atoms with Crippen LogP contribution in [0.1, 0.15) is 27.8 Å². The van der Waals surface area contributed by atoms with Crippen molar-refractivity contribution in [2.45, 2.75) is 13.2 Å². The van der Waals surface area contributed by atoms with Gasteiger partial charge in [0.25, 0.3) is 5.91 Å². The maximum atomic E-state index is 14.3. The quantitative estimate of drug-likeness (QED) is 0.507. The maximum absolute atomic E-state index is 14.3. The third kappa shape index (κ3) is 3.82. The molecule has 140 valence electrons. The first-order valence-electron chi connectivity index (χ1n) is 7.82. The van der Waals surface area contributed by atoms with Gasteiger partial charge in [0, 0.05) is 21.4 Å². The van der Waals surface area contributed by atoms with E-state index < -0.39 is 29.6 Å². The summed E-state index contributed by atoms with van der Waals surface area (Å²) in [5.74, 6) is -2.53. The Kier molecular flexibility index (Phi) is 5.22. The molecule has 27 heavy (non-hydrogen) atoms. The third-order valence-electron chi connectivity index (χ3n) is 3.91. The number of benzene rings is 2. The molecule has 8 heteroatoms. The maximum Gasteiger partial charge on any atom is 0.259 e. The molecule has 0 saturated heterocycles. The predicted octanol–water partition coefficient (Wildman–Crippen LogP) is 3.94. The third-order valence-corrected chi connectivity index (χ3v) is 4.94. The van der Waals surface area contributed by atoms with Crippen molar-refractivity contribution in [2.24, 2.45) is 0 Å². The number of anilines is 1. The minimum Gasteiger partial charge on any atom is -0.507 e. The molecule has 0 spiro atoms. The smallest absolute Gasteiger partial charge is 0.259 e. The van der Waals surface area contributed by atoms with Crippen molar-refractivity contribution < 1.29 is 28.9 Å². The van der Waals surface area contributed by atoms with Crippen LogP contribution in [0, 0.1) is 18.6 Å². The van der Waals surface area contributed by atoms with E-state index >= 15 is 0 Å². The Morgan fingerprint density at radius 3 is 2.56 bits per heavy atom. The SMILES string of the molecule is Cc1ccc(-c2scc(NC(=O)c3cc(F)ccc3O)c2C(O)O)c(F)c1. The highest BCUT2D eigenvalue weighted by Gasteiger charge is 2.23. The summed E-state index contributed by atoms with van der Waals surface area (Å²) in [5.41, 5.74) is 0.477. The molecule has 1 aromatic heterocycles. The minimum absolute atomic E-state index is 0.0265. The van der Waals surface area contributed by atoms with Gasteiger partial charge < -0.3 is 20.6 Å². The van der Waals surface area contributed by atoms with Crippen molar-refractivity contribution >= 4 is 22.9 Å². The fourth-order valence-corrected chi connectivity index (χ4v) is 3.67. The Balaban J connectivity index is 2.01. The highest BCUT2D eigenvalue weighted by Crippen LogP contribution is 2.40. The number of carbonyl (C=O) groups excluding carboxylic acids is 1. The second-order valence-corrected chi connectivity index (χ2v) is 6.74. The number of thiophene rings is 1. The average molecular weight is 391 g/mol. The lowest BCUT2D eigenvalue weighted by Gasteiger charge is -2.12. The van der Waals surface area contributed by atoms with Gasteiger partial charge in [0.15, 0.2) is 6.29 Å². The fourth-order valence-electron chi connectivity index (χ4n) is 2.61. The number of amides is 1. The van der Waals surface area contributed by atoms with Crippen LogP contribution in [0.5, 0.6) is 5.75 Å². The van der Waals surface area contributed by atoms with Crippen LogP contribution >= 0.6 is 11.3 Å². The van der Waals surface area contributed by atoms with Gasteiger partial charge in [-0.05, 0) is 36.8 Å². The number of carbonyl (C=O) groups is 1. The predicted molar refractivity (Wildman–Crippen MR) is 97.6 cm³/mol. The lowest BCUT2D eigenvalue weighted by atomic mass is 10.1. The van der Waals surface area contributed by atoms with E-state index in [9.17, 15) is 28.9 Å². The number of phenolic OH excluding ortho intramolecular Hbond substituents is 1. The summed E-state index contributed by atoms with van der Waals surface area (Å²) < 4.78 is 27.6. The number of hydrogen-bond donors (Lipinski definition) is 4. The van der Waals surface area contributed by atoms with Crippen LogP contribution in [0.3, 0.4) is 0 Å². The zero-order chi connectivity index (χ0) is 19.7. The van der Waals surface area contributed by atoms with Crippen molar-refractivity contribution in [3.63, 3.8) is 0 Å². The molecule has 3 rings (SSSR count). The molecular weight excluding hydrogens is 376 g/mol. The van der Waals surface area contributed by atoms with E-state index in [1.807, 2.05) is 0 Å². The Hall–Kier alpha value is -2.81. The largest absolute Gasteiger partial charge is 0.507 e. The van der Waals surface area contributed by atoms with E-state index in [1.54, 1.807) is 13.0 Å². The summed E-state index contributed by atoms with van der Waals surface area (Å²) in [7, 11) is 0. The number of phenols is 1. The van der Waals surface area contributed by atoms with Crippen LogP contribution in [0.25, 0.3) is 10.4 Å². The van der Waals surface area contributed by atoms with Gasteiger partial charge in [-0.1, -0.05) is 12.1 Å². The standard InChI is InChI=1S/C19H15F2NO4S/c1-9-2-4-11(13(21)6-9)17-16(19(25)26)14(8-27-17)22-18(24)12-7-10(20)3-5-15(12)23/h2-8,19,23,25-26H,1H3,(H,22,24).